The number of nitrogens with zero attached hydrogens (tertiary/aromatic N) is 1. The van der Waals surface area contributed by atoms with Crippen molar-refractivity contribution < 1.29 is 4.79 Å². The van der Waals surface area contributed by atoms with Gasteiger partial charge in [-0.1, -0.05) is 18.6 Å². The minimum Gasteiger partial charge on any atom is -0.334 e. The van der Waals surface area contributed by atoms with Crippen LogP contribution in [-0.2, 0) is 0 Å². The molecule has 2 nitrogen and oxygen atoms in total. The number of hydrogen-bond donors (Lipinski definition) is 0. The zero-order valence-electron chi connectivity index (χ0n) is 10.6. The van der Waals surface area contributed by atoms with Crippen molar-refractivity contribution in [3.8, 4) is 0 Å². The summed E-state index contributed by atoms with van der Waals surface area (Å²) in [5.74, 6) is 1.08. The van der Waals surface area contributed by atoms with Crippen LogP contribution in [0.15, 0.2) is 22.7 Å². The van der Waals surface area contributed by atoms with E-state index in [1.807, 2.05) is 30.0 Å². The number of amides is 1. The number of carbonyl (C=O) groups excluding carboxylic acids is 1. The Morgan fingerprint density at radius 1 is 1.56 bits per heavy atom. The third kappa shape index (κ3) is 2.57. The molecule has 1 aromatic rings. The normalized spacial score (nSPS) is 23.4. The SMILES string of the molecule is Cc1ccc(Br)c(C(=O)N2CCC(C)C2CCl)c1. The molecule has 4 heteroatoms. The monoisotopic (exact) mass is 329 g/mol. The molecule has 2 rings (SSSR count). The molecule has 0 bridgehead atoms. The number of likely N-dealkylation sites (tertiary alicyclic amines) is 1. The minimum absolute atomic E-state index is 0.0839. The van der Waals surface area contributed by atoms with Crippen molar-refractivity contribution in [2.24, 2.45) is 5.92 Å². The average Bonchev–Trinajstić information content (AvgIpc) is 2.72. The second-order valence-corrected chi connectivity index (χ2v) is 6.13. The fourth-order valence-corrected chi connectivity index (χ4v) is 3.34. The molecular formula is C14H17BrClNO. The predicted molar refractivity (Wildman–Crippen MR) is 78.2 cm³/mol. The van der Waals surface area contributed by atoms with Crippen molar-refractivity contribution in [3.63, 3.8) is 0 Å². The second-order valence-electron chi connectivity index (χ2n) is 4.97. The van der Waals surface area contributed by atoms with Crippen LogP contribution in [0.25, 0.3) is 0 Å². The van der Waals surface area contributed by atoms with Gasteiger partial charge >= 0.3 is 0 Å². The van der Waals surface area contributed by atoms with E-state index in [9.17, 15) is 4.79 Å². The highest BCUT2D eigenvalue weighted by atomic mass is 79.9. The highest BCUT2D eigenvalue weighted by Crippen LogP contribution is 2.28. The Morgan fingerprint density at radius 2 is 2.28 bits per heavy atom. The Labute approximate surface area is 121 Å². The molecule has 2 unspecified atom stereocenters. The number of rotatable bonds is 2. The van der Waals surface area contributed by atoms with Crippen LogP contribution in [0.1, 0.15) is 29.3 Å². The largest absolute Gasteiger partial charge is 0.334 e. The van der Waals surface area contributed by atoms with E-state index >= 15 is 0 Å². The second kappa shape index (κ2) is 5.62. The van der Waals surface area contributed by atoms with E-state index in [2.05, 4.69) is 22.9 Å². The van der Waals surface area contributed by atoms with Crippen LogP contribution in [-0.4, -0.2) is 29.3 Å². The maximum absolute atomic E-state index is 12.6. The van der Waals surface area contributed by atoms with Gasteiger partial charge in [-0.2, -0.15) is 0 Å². The number of carbonyl (C=O) groups is 1. The zero-order valence-corrected chi connectivity index (χ0v) is 13.0. The van der Waals surface area contributed by atoms with E-state index in [1.165, 1.54) is 0 Å². The summed E-state index contributed by atoms with van der Waals surface area (Å²) in [5, 5.41) is 0. The zero-order chi connectivity index (χ0) is 13.3. The summed E-state index contributed by atoms with van der Waals surface area (Å²) in [6, 6.07) is 6.01. The Balaban J connectivity index is 2.28. The van der Waals surface area contributed by atoms with E-state index in [4.69, 9.17) is 11.6 Å². The predicted octanol–water partition coefficient (Wildman–Crippen LogP) is 3.85. The smallest absolute Gasteiger partial charge is 0.255 e. The van der Waals surface area contributed by atoms with Crippen LogP contribution in [0, 0.1) is 12.8 Å². The third-order valence-electron chi connectivity index (χ3n) is 3.65. The van der Waals surface area contributed by atoms with Crippen LogP contribution < -0.4 is 0 Å². The summed E-state index contributed by atoms with van der Waals surface area (Å²) in [6.45, 7) is 4.96. The quantitative estimate of drug-likeness (QED) is 0.754. The van der Waals surface area contributed by atoms with E-state index in [1.54, 1.807) is 0 Å². The first-order valence-corrected chi connectivity index (χ1v) is 7.50. The van der Waals surface area contributed by atoms with Gasteiger partial charge in [-0.15, -0.1) is 11.6 Å². The van der Waals surface area contributed by atoms with Crippen LogP contribution in [0.4, 0.5) is 0 Å². The van der Waals surface area contributed by atoms with Gasteiger partial charge in [-0.25, -0.2) is 0 Å². The average molecular weight is 331 g/mol. The lowest BCUT2D eigenvalue weighted by atomic mass is 10.0. The van der Waals surface area contributed by atoms with Crippen molar-refractivity contribution in [3.05, 3.63) is 33.8 Å². The molecule has 0 radical (unpaired) electrons. The first kappa shape index (κ1) is 13.9. The molecule has 1 heterocycles. The Hall–Kier alpha value is -0.540. The van der Waals surface area contributed by atoms with Crippen LogP contribution in [0.5, 0.6) is 0 Å². The molecule has 18 heavy (non-hydrogen) atoms. The molecule has 0 aromatic heterocycles. The molecule has 1 amide bonds. The minimum atomic E-state index is 0.0839. The van der Waals surface area contributed by atoms with Crippen molar-refractivity contribution in [2.75, 3.05) is 12.4 Å². The van der Waals surface area contributed by atoms with Crippen LogP contribution >= 0.6 is 27.5 Å². The van der Waals surface area contributed by atoms with Gasteiger partial charge in [0.2, 0.25) is 0 Å². The molecule has 1 fully saturated rings. The van der Waals surface area contributed by atoms with Gasteiger partial charge in [-0.05, 0) is 47.3 Å². The Kier molecular flexibility index (Phi) is 4.33. The van der Waals surface area contributed by atoms with E-state index in [0.29, 0.717) is 11.8 Å². The summed E-state index contributed by atoms with van der Waals surface area (Å²) >= 11 is 9.45. The summed E-state index contributed by atoms with van der Waals surface area (Å²) in [4.78, 5) is 14.5. The maximum atomic E-state index is 12.6. The Bertz CT molecular complexity index is 463. The summed E-state index contributed by atoms with van der Waals surface area (Å²) < 4.78 is 0.853. The van der Waals surface area contributed by atoms with Crippen molar-refractivity contribution in [2.45, 2.75) is 26.3 Å². The molecule has 98 valence electrons. The van der Waals surface area contributed by atoms with Gasteiger partial charge in [0.15, 0.2) is 0 Å². The van der Waals surface area contributed by atoms with Crippen molar-refractivity contribution >= 4 is 33.4 Å². The maximum Gasteiger partial charge on any atom is 0.255 e. The number of aryl methyl sites for hydroxylation is 1. The number of halogens is 2. The molecule has 0 aliphatic carbocycles. The fourth-order valence-electron chi connectivity index (χ4n) is 2.45. The highest BCUT2D eigenvalue weighted by Gasteiger charge is 2.34. The lowest BCUT2D eigenvalue weighted by Crippen LogP contribution is -2.38. The van der Waals surface area contributed by atoms with Gasteiger partial charge in [0.05, 0.1) is 5.56 Å². The summed E-state index contributed by atoms with van der Waals surface area (Å²) in [6.07, 6.45) is 1.03. The van der Waals surface area contributed by atoms with Gasteiger partial charge in [-0.3, -0.25) is 4.79 Å². The first-order chi connectivity index (χ1) is 8.54. The van der Waals surface area contributed by atoms with Gasteiger partial charge in [0, 0.05) is 22.9 Å². The molecule has 1 aliphatic rings. The Morgan fingerprint density at radius 3 is 2.94 bits per heavy atom. The molecule has 1 saturated heterocycles. The van der Waals surface area contributed by atoms with Gasteiger partial charge < -0.3 is 4.90 Å². The summed E-state index contributed by atoms with van der Waals surface area (Å²) in [5.41, 5.74) is 1.83. The van der Waals surface area contributed by atoms with E-state index in [0.717, 1.165) is 28.6 Å². The third-order valence-corrected chi connectivity index (χ3v) is 4.66. The topological polar surface area (TPSA) is 20.3 Å². The molecular weight excluding hydrogens is 314 g/mol. The lowest BCUT2D eigenvalue weighted by molar-refractivity contribution is 0.0736. The van der Waals surface area contributed by atoms with E-state index < -0.39 is 0 Å². The number of benzene rings is 1. The molecule has 0 N–H and O–H groups in total. The lowest BCUT2D eigenvalue weighted by Gasteiger charge is -2.25. The van der Waals surface area contributed by atoms with Crippen LogP contribution in [0.2, 0.25) is 0 Å². The molecule has 1 aromatic carbocycles. The number of alkyl halides is 1. The summed E-state index contributed by atoms with van der Waals surface area (Å²) in [7, 11) is 0. The van der Waals surface area contributed by atoms with Crippen molar-refractivity contribution in [1.82, 2.24) is 4.90 Å². The van der Waals surface area contributed by atoms with Gasteiger partial charge in [0.1, 0.15) is 0 Å². The van der Waals surface area contributed by atoms with Crippen molar-refractivity contribution in [1.29, 1.82) is 0 Å². The number of hydrogen-bond acceptors (Lipinski definition) is 1. The van der Waals surface area contributed by atoms with Gasteiger partial charge in [0.25, 0.3) is 5.91 Å². The molecule has 2 atom stereocenters. The van der Waals surface area contributed by atoms with Crippen LogP contribution in [0.3, 0.4) is 0 Å². The fraction of sp³-hybridized carbons (Fsp3) is 0.500. The molecule has 0 saturated carbocycles. The highest BCUT2D eigenvalue weighted by molar-refractivity contribution is 9.10. The standard InChI is InChI=1S/C14H17BrClNO/c1-9-3-4-12(15)11(7-9)14(18)17-6-5-10(2)13(17)8-16/h3-4,7,10,13H,5-6,8H2,1-2H3. The molecule has 1 aliphatic heterocycles. The van der Waals surface area contributed by atoms with E-state index in [-0.39, 0.29) is 11.9 Å². The first-order valence-electron chi connectivity index (χ1n) is 6.17. The molecule has 0 spiro atoms.